The highest BCUT2D eigenvalue weighted by Gasteiger charge is 2.45. The van der Waals surface area contributed by atoms with Crippen LogP contribution in [0.25, 0.3) is 16.7 Å². The minimum atomic E-state index is 0.383. The molecule has 10 rings (SSSR count). The first-order valence-corrected chi connectivity index (χ1v) is 19.9. The Kier molecular flexibility index (Phi) is 7.81. The van der Waals surface area contributed by atoms with Gasteiger partial charge in [0, 0.05) is 40.5 Å². The average Bonchev–Trinajstić information content (AvgIpc) is 3.71. The van der Waals surface area contributed by atoms with Gasteiger partial charge in [0.25, 0.3) is 0 Å². The van der Waals surface area contributed by atoms with Gasteiger partial charge in [-0.15, -0.1) is 0 Å². The summed E-state index contributed by atoms with van der Waals surface area (Å²) in [5.41, 5.74) is 16.6. The molecule has 0 fully saturated rings. The second-order valence-corrected chi connectivity index (χ2v) is 15.9. The van der Waals surface area contributed by atoms with E-state index in [4.69, 9.17) is 0 Å². The molecule has 0 aromatic heterocycles. The van der Waals surface area contributed by atoms with Gasteiger partial charge in [0.1, 0.15) is 0 Å². The van der Waals surface area contributed by atoms with E-state index in [1.165, 1.54) is 117 Å². The van der Waals surface area contributed by atoms with E-state index in [9.17, 15) is 0 Å². The third kappa shape index (κ3) is 5.21. The number of fused-ring (bicyclic) bond motifs is 4. The van der Waals surface area contributed by atoms with Gasteiger partial charge in [0.05, 0.1) is 12.1 Å². The van der Waals surface area contributed by atoms with Crippen molar-refractivity contribution in [3.05, 3.63) is 149 Å². The molecule has 5 aliphatic carbocycles. The van der Waals surface area contributed by atoms with E-state index in [0.717, 1.165) is 0 Å². The second kappa shape index (κ2) is 12.8. The van der Waals surface area contributed by atoms with Gasteiger partial charge in [-0.3, -0.25) is 0 Å². The number of anilines is 2. The normalized spacial score (nSPS) is 28.6. The van der Waals surface area contributed by atoms with Crippen molar-refractivity contribution in [2.45, 2.75) is 95.6 Å². The standard InChI is InChI=1S/C48H50N2/c1-3-11-33(12-4-1)35-19-25-39(26-20-35)49-46-18-10-8-16-42(46)44-31-37(24-30-47(44)49)38-23-29-43-41-15-7-9-17-45(41)50(48(43)32-38)40-27-21-36(22-28-40)34-13-5-2-6-14-34/h2,5-6,11,13-14,19-30,32,37,43-44,47-48H,1,3-4,7-10,12,15-18,31H2. The summed E-state index contributed by atoms with van der Waals surface area (Å²) in [6.07, 6.45) is 32.1. The fraction of sp³-hybridized carbons (Fsp3) is 0.375. The smallest absolute Gasteiger partial charge is 0.0625 e. The van der Waals surface area contributed by atoms with Crippen LogP contribution in [0.4, 0.5) is 11.4 Å². The van der Waals surface area contributed by atoms with Crippen LogP contribution in [0.5, 0.6) is 0 Å². The minimum Gasteiger partial charge on any atom is -0.338 e. The molecule has 2 heterocycles. The van der Waals surface area contributed by atoms with Crippen molar-refractivity contribution in [2.24, 2.45) is 17.8 Å². The van der Waals surface area contributed by atoms with Crippen LogP contribution in [0, 0.1) is 17.8 Å². The Bertz CT molecular complexity index is 1950. The Balaban J connectivity index is 0.944. The lowest BCUT2D eigenvalue weighted by molar-refractivity contribution is 0.444. The number of nitrogens with zero attached hydrogens (tertiary/aromatic N) is 2. The molecular weight excluding hydrogens is 605 g/mol. The molecule has 2 heteroatoms. The number of benzene rings is 3. The van der Waals surface area contributed by atoms with Crippen molar-refractivity contribution in [1.29, 1.82) is 0 Å². The lowest BCUT2D eigenvalue weighted by Crippen LogP contribution is -2.37. The summed E-state index contributed by atoms with van der Waals surface area (Å²) < 4.78 is 0. The second-order valence-electron chi connectivity index (χ2n) is 15.9. The lowest BCUT2D eigenvalue weighted by Gasteiger charge is -2.37. The quantitative estimate of drug-likeness (QED) is 0.253. The van der Waals surface area contributed by atoms with Crippen molar-refractivity contribution in [2.75, 3.05) is 9.80 Å². The summed E-state index contributed by atoms with van der Waals surface area (Å²) in [5, 5.41) is 0. The van der Waals surface area contributed by atoms with Crippen LogP contribution >= 0.6 is 0 Å². The van der Waals surface area contributed by atoms with E-state index in [-0.39, 0.29) is 0 Å². The molecule has 7 aliphatic rings. The molecule has 5 atom stereocenters. The molecule has 2 aliphatic heterocycles. The van der Waals surface area contributed by atoms with E-state index in [2.05, 4.69) is 125 Å². The largest absolute Gasteiger partial charge is 0.338 e. The van der Waals surface area contributed by atoms with Gasteiger partial charge in [-0.05, 0) is 147 Å². The van der Waals surface area contributed by atoms with E-state index >= 15 is 0 Å². The molecule has 3 aromatic rings. The highest BCUT2D eigenvalue weighted by atomic mass is 15.2. The lowest BCUT2D eigenvalue weighted by atomic mass is 9.73. The maximum absolute atomic E-state index is 2.75. The zero-order valence-corrected chi connectivity index (χ0v) is 29.4. The number of rotatable bonds is 5. The minimum absolute atomic E-state index is 0.383. The van der Waals surface area contributed by atoms with Gasteiger partial charge in [0.15, 0.2) is 0 Å². The Morgan fingerprint density at radius 1 is 0.520 bits per heavy atom. The van der Waals surface area contributed by atoms with Gasteiger partial charge in [-0.25, -0.2) is 0 Å². The van der Waals surface area contributed by atoms with Crippen LogP contribution in [-0.2, 0) is 0 Å². The molecule has 0 bridgehead atoms. The fourth-order valence-corrected chi connectivity index (χ4v) is 10.8. The first-order valence-electron chi connectivity index (χ1n) is 19.9. The van der Waals surface area contributed by atoms with Crippen LogP contribution < -0.4 is 9.80 Å². The monoisotopic (exact) mass is 654 g/mol. The summed E-state index contributed by atoms with van der Waals surface area (Å²) in [5.74, 6) is 1.60. The van der Waals surface area contributed by atoms with Crippen molar-refractivity contribution in [1.82, 2.24) is 0 Å². The zero-order chi connectivity index (χ0) is 33.0. The van der Waals surface area contributed by atoms with Gasteiger partial charge in [-0.2, -0.15) is 0 Å². The SMILES string of the molecule is C1=CC2C3=C(CCCC3)N(c3ccc(-c4ccccc4)cc3)C2C=C1C1C=CC2C(C1)C1=C(CCCC1)N2c1ccc(C2=CCCCC2)cc1. The molecule has 0 saturated heterocycles. The molecule has 0 spiro atoms. The van der Waals surface area contributed by atoms with Gasteiger partial charge in [0.2, 0.25) is 0 Å². The molecule has 252 valence electrons. The number of hydrogen-bond acceptors (Lipinski definition) is 2. The molecule has 2 nitrogen and oxygen atoms in total. The topological polar surface area (TPSA) is 6.48 Å². The van der Waals surface area contributed by atoms with E-state index in [1.54, 1.807) is 28.1 Å². The Morgan fingerprint density at radius 2 is 1.16 bits per heavy atom. The maximum Gasteiger partial charge on any atom is 0.0625 e. The Hall–Kier alpha value is -4.30. The third-order valence-electron chi connectivity index (χ3n) is 13.2. The van der Waals surface area contributed by atoms with Crippen LogP contribution in [0.1, 0.15) is 89.0 Å². The molecule has 3 aromatic carbocycles. The first-order chi connectivity index (χ1) is 24.8. The van der Waals surface area contributed by atoms with Crippen LogP contribution in [0.15, 0.2) is 143 Å². The van der Waals surface area contributed by atoms with Gasteiger partial charge < -0.3 is 9.80 Å². The fourth-order valence-electron chi connectivity index (χ4n) is 10.8. The summed E-state index contributed by atoms with van der Waals surface area (Å²) >= 11 is 0. The summed E-state index contributed by atoms with van der Waals surface area (Å²) in [6.45, 7) is 0. The third-order valence-corrected chi connectivity index (χ3v) is 13.2. The zero-order valence-electron chi connectivity index (χ0n) is 29.4. The van der Waals surface area contributed by atoms with Crippen molar-refractivity contribution < 1.29 is 0 Å². The predicted molar refractivity (Wildman–Crippen MR) is 210 cm³/mol. The van der Waals surface area contributed by atoms with Gasteiger partial charge >= 0.3 is 0 Å². The molecule has 50 heavy (non-hydrogen) atoms. The number of hydrogen-bond donors (Lipinski definition) is 0. The van der Waals surface area contributed by atoms with Crippen LogP contribution in [0.3, 0.4) is 0 Å². The Labute approximate surface area is 299 Å². The highest BCUT2D eigenvalue weighted by molar-refractivity contribution is 5.71. The molecule has 5 unspecified atom stereocenters. The molecule has 0 amide bonds. The highest BCUT2D eigenvalue weighted by Crippen LogP contribution is 2.52. The van der Waals surface area contributed by atoms with Crippen molar-refractivity contribution in [3.8, 4) is 11.1 Å². The van der Waals surface area contributed by atoms with Gasteiger partial charge in [-0.1, -0.05) is 91.1 Å². The van der Waals surface area contributed by atoms with Crippen LogP contribution in [0.2, 0.25) is 0 Å². The Morgan fingerprint density at radius 3 is 1.90 bits per heavy atom. The molecule has 0 saturated carbocycles. The molecule has 0 radical (unpaired) electrons. The number of allylic oxidation sites excluding steroid dienone is 7. The van der Waals surface area contributed by atoms with E-state index in [0.29, 0.717) is 29.8 Å². The average molecular weight is 655 g/mol. The predicted octanol–water partition coefficient (Wildman–Crippen LogP) is 12.3. The van der Waals surface area contributed by atoms with E-state index in [1.807, 2.05) is 0 Å². The molecular formula is C48H50N2. The van der Waals surface area contributed by atoms with Crippen LogP contribution in [-0.4, -0.2) is 12.1 Å². The molecule has 0 N–H and O–H groups in total. The summed E-state index contributed by atoms with van der Waals surface area (Å²) in [4.78, 5) is 5.49. The van der Waals surface area contributed by atoms with E-state index < -0.39 is 0 Å². The summed E-state index contributed by atoms with van der Waals surface area (Å²) in [6, 6.07) is 30.7. The maximum atomic E-state index is 2.75. The van der Waals surface area contributed by atoms with Crippen molar-refractivity contribution >= 4 is 16.9 Å². The summed E-state index contributed by atoms with van der Waals surface area (Å²) in [7, 11) is 0. The first kappa shape index (κ1) is 30.5. The van der Waals surface area contributed by atoms with Crippen molar-refractivity contribution in [3.63, 3.8) is 0 Å².